The highest BCUT2D eigenvalue weighted by molar-refractivity contribution is 5.85. The minimum Gasteiger partial charge on any atom is -0.494 e. The lowest BCUT2D eigenvalue weighted by atomic mass is 9.89. The molecule has 27 heavy (non-hydrogen) atoms. The summed E-state index contributed by atoms with van der Waals surface area (Å²) in [7, 11) is 0. The van der Waals surface area contributed by atoms with E-state index in [-0.39, 0.29) is 6.61 Å². The number of amides is 2. The van der Waals surface area contributed by atoms with E-state index in [9.17, 15) is 9.59 Å². The molecule has 0 spiro atoms. The van der Waals surface area contributed by atoms with E-state index in [0.717, 1.165) is 16.9 Å². The molecule has 1 fully saturated rings. The number of hydrogen-bond acceptors (Lipinski definition) is 4. The predicted molar refractivity (Wildman–Crippen MR) is 101 cm³/mol. The van der Waals surface area contributed by atoms with Gasteiger partial charge in [-0.05, 0) is 30.2 Å². The molecule has 2 amide bonds. The highest BCUT2D eigenvalue weighted by Crippen LogP contribution is 2.31. The smallest absolute Gasteiger partial charge is 0.319 e. The molecule has 6 heteroatoms. The van der Waals surface area contributed by atoms with Crippen molar-refractivity contribution in [1.29, 1.82) is 0 Å². The van der Waals surface area contributed by atoms with Gasteiger partial charge in [-0.15, -0.1) is 0 Å². The highest BCUT2D eigenvalue weighted by atomic mass is 16.5. The molecule has 1 aliphatic heterocycles. The van der Waals surface area contributed by atoms with Gasteiger partial charge in [0.1, 0.15) is 18.3 Å². The fraction of sp³-hybridized carbons (Fsp3) is 0.238. The topological polar surface area (TPSA) is 76.7 Å². The molecule has 3 rings (SSSR count). The van der Waals surface area contributed by atoms with E-state index >= 15 is 0 Å². The Bertz CT molecular complexity index is 818. The summed E-state index contributed by atoms with van der Waals surface area (Å²) in [5.41, 5.74) is 1.98. The van der Waals surface area contributed by atoms with Crippen LogP contribution in [0.25, 0.3) is 0 Å². The van der Waals surface area contributed by atoms with Gasteiger partial charge in [0.25, 0.3) is 0 Å². The van der Waals surface area contributed by atoms with Crippen LogP contribution in [0.1, 0.15) is 24.1 Å². The molecule has 0 saturated carbocycles. The normalized spacial score (nSPS) is 19.0. The molecule has 2 N–H and O–H groups in total. The molecular weight excluding hydrogens is 344 g/mol. The van der Waals surface area contributed by atoms with Gasteiger partial charge in [0.15, 0.2) is 0 Å². The summed E-state index contributed by atoms with van der Waals surface area (Å²) in [6.07, 6.45) is 0. The minimum atomic E-state index is -0.732. The Morgan fingerprint density at radius 3 is 2.48 bits per heavy atom. The van der Waals surface area contributed by atoms with Crippen molar-refractivity contribution < 1.29 is 19.1 Å². The van der Waals surface area contributed by atoms with Gasteiger partial charge in [-0.2, -0.15) is 0 Å². The first kappa shape index (κ1) is 18.5. The van der Waals surface area contributed by atoms with Gasteiger partial charge in [0.05, 0.1) is 12.6 Å². The third-order valence-electron chi connectivity index (χ3n) is 4.30. The lowest BCUT2D eigenvalue weighted by Crippen LogP contribution is -2.51. The molecule has 2 atom stereocenters. The van der Waals surface area contributed by atoms with Gasteiger partial charge in [-0.25, -0.2) is 4.79 Å². The standard InChI is InChI=1S/C21H22N2O4/c1-3-26-17-11-9-16(10-12-17)19-18(14(2)22-21(25)23-19)20(24)27-13-15-7-5-4-6-8-15/h4-12,18-19H,2-3,13H2,1H3,(H2,22,23,25). The lowest BCUT2D eigenvalue weighted by Gasteiger charge is -2.33. The van der Waals surface area contributed by atoms with Crippen LogP contribution in [0, 0.1) is 5.92 Å². The van der Waals surface area contributed by atoms with Gasteiger partial charge in [0.2, 0.25) is 0 Å². The van der Waals surface area contributed by atoms with Crippen molar-refractivity contribution in [3.63, 3.8) is 0 Å². The Morgan fingerprint density at radius 1 is 1.11 bits per heavy atom. The Hall–Kier alpha value is -3.28. The van der Waals surface area contributed by atoms with Crippen LogP contribution in [-0.4, -0.2) is 18.6 Å². The summed E-state index contributed by atoms with van der Waals surface area (Å²) in [6.45, 7) is 6.48. The number of carbonyl (C=O) groups is 2. The van der Waals surface area contributed by atoms with E-state index in [1.165, 1.54) is 0 Å². The largest absolute Gasteiger partial charge is 0.494 e. The molecule has 2 aromatic carbocycles. The summed E-state index contributed by atoms with van der Waals surface area (Å²) in [5.74, 6) is -0.455. The second-order valence-electron chi connectivity index (χ2n) is 6.17. The molecule has 0 aromatic heterocycles. The maximum atomic E-state index is 12.7. The van der Waals surface area contributed by atoms with Crippen LogP contribution in [0.5, 0.6) is 5.75 Å². The fourth-order valence-electron chi connectivity index (χ4n) is 3.00. The van der Waals surface area contributed by atoms with Gasteiger partial charge in [-0.3, -0.25) is 4.79 Å². The van der Waals surface area contributed by atoms with Crippen LogP contribution in [0.3, 0.4) is 0 Å². The first-order valence-corrected chi connectivity index (χ1v) is 8.78. The Balaban J connectivity index is 1.77. The van der Waals surface area contributed by atoms with E-state index in [4.69, 9.17) is 9.47 Å². The summed E-state index contributed by atoms with van der Waals surface area (Å²) in [6, 6.07) is 15.7. The van der Waals surface area contributed by atoms with E-state index in [2.05, 4.69) is 17.2 Å². The average molecular weight is 366 g/mol. The average Bonchev–Trinajstić information content (AvgIpc) is 2.67. The van der Waals surface area contributed by atoms with Crippen molar-refractivity contribution in [3.8, 4) is 5.75 Å². The number of carbonyl (C=O) groups excluding carboxylic acids is 2. The first-order valence-electron chi connectivity index (χ1n) is 8.78. The third-order valence-corrected chi connectivity index (χ3v) is 4.30. The monoisotopic (exact) mass is 366 g/mol. The number of ether oxygens (including phenoxy) is 2. The van der Waals surface area contributed by atoms with Gasteiger partial charge in [-0.1, -0.05) is 49.0 Å². The number of rotatable bonds is 6. The van der Waals surface area contributed by atoms with Crippen molar-refractivity contribution in [3.05, 3.63) is 78.0 Å². The van der Waals surface area contributed by atoms with Crippen LogP contribution in [0.4, 0.5) is 4.79 Å². The number of urea groups is 1. The van der Waals surface area contributed by atoms with Crippen LogP contribution in [0.15, 0.2) is 66.9 Å². The molecule has 1 heterocycles. The molecule has 1 saturated heterocycles. The summed E-state index contributed by atoms with van der Waals surface area (Å²) in [4.78, 5) is 24.7. The van der Waals surface area contributed by atoms with Gasteiger partial charge in [0, 0.05) is 5.70 Å². The van der Waals surface area contributed by atoms with Gasteiger partial charge >= 0.3 is 12.0 Å². The van der Waals surface area contributed by atoms with E-state index < -0.39 is 24.0 Å². The van der Waals surface area contributed by atoms with Crippen molar-refractivity contribution in [2.24, 2.45) is 5.92 Å². The van der Waals surface area contributed by atoms with E-state index in [1.54, 1.807) is 0 Å². The molecule has 1 aliphatic rings. The number of esters is 1. The molecule has 6 nitrogen and oxygen atoms in total. The van der Waals surface area contributed by atoms with Crippen molar-refractivity contribution in [1.82, 2.24) is 10.6 Å². The Kier molecular flexibility index (Phi) is 5.76. The minimum absolute atomic E-state index is 0.160. The van der Waals surface area contributed by atoms with Crippen LogP contribution in [0.2, 0.25) is 0 Å². The maximum absolute atomic E-state index is 12.7. The highest BCUT2D eigenvalue weighted by Gasteiger charge is 2.38. The van der Waals surface area contributed by atoms with Crippen LogP contribution < -0.4 is 15.4 Å². The molecule has 0 bridgehead atoms. The molecule has 2 unspecified atom stereocenters. The Morgan fingerprint density at radius 2 is 1.81 bits per heavy atom. The zero-order valence-corrected chi connectivity index (χ0v) is 15.1. The molecular formula is C21H22N2O4. The summed E-state index contributed by atoms with van der Waals surface area (Å²) >= 11 is 0. The van der Waals surface area contributed by atoms with Crippen molar-refractivity contribution in [2.75, 3.05) is 6.61 Å². The summed E-state index contributed by atoms with van der Waals surface area (Å²) in [5, 5.41) is 5.36. The van der Waals surface area contributed by atoms with Gasteiger partial charge < -0.3 is 20.1 Å². The van der Waals surface area contributed by atoms with Crippen molar-refractivity contribution >= 4 is 12.0 Å². The lowest BCUT2D eigenvalue weighted by molar-refractivity contribution is -0.149. The number of benzene rings is 2. The fourth-order valence-corrected chi connectivity index (χ4v) is 3.00. The zero-order chi connectivity index (χ0) is 19.2. The van der Waals surface area contributed by atoms with Crippen LogP contribution in [-0.2, 0) is 16.1 Å². The maximum Gasteiger partial charge on any atom is 0.319 e. The van der Waals surface area contributed by atoms with Crippen LogP contribution >= 0.6 is 0 Å². The van der Waals surface area contributed by atoms with E-state index in [1.807, 2.05) is 61.5 Å². The first-order chi connectivity index (χ1) is 13.1. The quantitative estimate of drug-likeness (QED) is 0.769. The number of hydrogen-bond donors (Lipinski definition) is 2. The number of nitrogens with one attached hydrogen (secondary N) is 2. The third kappa shape index (κ3) is 4.47. The SMILES string of the molecule is C=C1NC(=O)NC(c2ccc(OCC)cc2)C1C(=O)OCc1ccccc1. The van der Waals surface area contributed by atoms with E-state index in [0.29, 0.717) is 12.3 Å². The molecule has 140 valence electrons. The van der Waals surface area contributed by atoms with Crippen molar-refractivity contribution in [2.45, 2.75) is 19.6 Å². The molecule has 2 aromatic rings. The predicted octanol–water partition coefficient (Wildman–Crippen LogP) is 3.31. The molecule has 0 aliphatic carbocycles. The zero-order valence-electron chi connectivity index (χ0n) is 15.1. The summed E-state index contributed by atoms with van der Waals surface area (Å²) < 4.78 is 10.9. The second kappa shape index (κ2) is 8.40. The Labute approximate surface area is 158 Å². The molecule has 0 radical (unpaired) electrons. The second-order valence-corrected chi connectivity index (χ2v) is 6.17.